The Morgan fingerprint density at radius 1 is 1.24 bits per heavy atom. The van der Waals surface area contributed by atoms with Gasteiger partial charge in [0.15, 0.2) is 0 Å². The zero-order chi connectivity index (χ0) is 14.9. The summed E-state index contributed by atoms with van der Waals surface area (Å²) in [5.74, 6) is 1.07. The van der Waals surface area contributed by atoms with E-state index in [2.05, 4.69) is 43.4 Å². The first kappa shape index (κ1) is 14.9. The second-order valence-corrected chi connectivity index (χ2v) is 8.07. The molecular formula is C18H24N2S. The van der Waals surface area contributed by atoms with Crippen molar-refractivity contribution in [2.75, 3.05) is 0 Å². The molecular weight excluding hydrogens is 276 g/mol. The summed E-state index contributed by atoms with van der Waals surface area (Å²) in [7, 11) is 0. The molecule has 2 unspecified atom stereocenters. The number of benzene rings is 1. The smallest absolute Gasteiger partial charge is 0.108 e. The summed E-state index contributed by atoms with van der Waals surface area (Å²) in [6.45, 7) is 4.33. The van der Waals surface area contributed by atoms with Crippen molar-refractivity contribution in [2.45, 2.75) is 68.5 Å². The van der Waals surface area contributed by atoms with Crippen molar-refractivity contribution in [3.8, 4) is 6.07 Å². The van der Waals surface area contributed by atoms with Crippen molar-refractivity contribution in [1.82, 2.24) is 5.32 Å². The van der Waals surface area contributed by atoms with Crippen molar-refractivity contribution in [3.63, 3.8) is 0 Å². The van der Waals surface area contributed by atoms with Crippen molar-refractivity contribution >= 4 is 11.8 Å². The number of nitriles is 1. The van der Waals surface area contributed by atoms with Crippen LogP contribution in [0.1, 0.15) is 48.8 Å². The van der Waals surface area contributed by atoms with Crippen molar-refractivity contribution in [1.29, 1.82) is 5.26 Å². The van der Waals surface area contributed by atoms with E-state index in [-0.39, 0.29) is 5.54 Å². The number of rotatable bonds is 5. The van der Waals surface area contributed by atoms with Crippen LogP contribution in [0.25, 0.3) is 0 Å². The molecule has 21 heavy (non-hydrogen) atoms. The van der Waals surface area contributed by atoms with E-state index in [4.69, 9.17) is 0 Å². The van der Waals surface area contributed by atoms with Crippen molar-refractivity contribution in [3.05, 3.63) is 34.9 Å². The molecule has 2 atom stereocenters. The van der Waals surface area contributed by atoms with Gasteiger partial charge in [-0.15, -0.1) is 0 Å². The fourth-order valence-electron chi connectivity index (χ4n) is 3.39. The number of aryl methyl sites for hydroxylation is 2. The summed E-state index contributed by atoms with van der Waals surface area (Å²) in [6.07, 6.45) is 5.70. The van der Waals surface area contributed by atoms with Crippen LogP contribution in [0.3, 0.4) is 0 Å². The molecule has 2 fully saturated rings. The Bertz CT molecular complexity index is 539. The SMILES string of the molecule is Cc1cc(C)cc(CSC2CCC(C#N)(NC3CC3)C2)c1. The molecule has 1 aromatic rings. The molecule has 0 aliphatic heterocycles. The molecule has 3 rings (SSSR count). The minimum Gasteiger partial charge on any atom is -0.297 e. The van der Waals surface area contributed by atoms with Crippen LogP contribution in [0, 0.1) is 25.2 Å². The molecule has 0 radical (unpaired) electrons. The minimum absolute atomic E-state index is 0.235. The van der Waals surface area contributed by atoms with Gasteiger partial charge in [-0.3, -0.25) is 5.32 Å². The molecule has 0 amide bonds. The topological polar surface area (TPSA) is 35.8 Å². The van der Waals surface area contributed by atoms with Crippen LogP contribution in [-0.4, -0.2) is 16.8 Å². The third-order valence-corrected chi connectivity index (χ3v) is 5.88. The highest BCUT2D eigenvalue weighted by Crippen LogP contribution is 2.40. The molecule has 0 heterocycles. The molecule has 0 spiro atoms. The van der Waals surface area contributed by atoms with Gasteiger partial charge in [-0.25, -0.2) is 0 Å². The summed E-state index contributed by atoms with van der Waals surface area (Å²) in [6, 6.07) is 9.99. The Morgan fingerprint density at radius 2 is 1.95 bits per heavy atom. The number of hydrogen-bond acceptors (Lipinski definition) is 3. The number of thioether (sulfide) groups is 1. The Kier molecular flexibility index (Phi) is 4.28. The lowest BCUT2D eigenvalue weighted by Gasteiger charge is -2.22. The van der Waals surface area contributed by atoms with Gasteiger partial charge in [0.25, 0.3) is 0 Å². The fourth-order valence-corrected chi connectivity index (χ4v) is 4.67. The van der Waals surface area contributed by atoms with Crippen LogP contribution in [-0.2, 0) is 5.75 Å². The van der Waals surface area contributed by atoms with Crippen LogP contribution >= 0.6 is 11.8 Å². The van der Waals surface area contributed by atoms with E-state index in [0.717, 1.165) is 18.6 Å². The van der Waals surface area contributed by atoms with Crippen LogP contribution < -0.4 is 5.32 Å². The lowest BCUT2D eigenvalue weighted by Crippen LogP contribution is -2.43. The molecule has 2 nitrogen and oxygen atoms in total. The van der Waals surface area contributed by atoms with E-state index in [1.54, 1.807) is 0 Å². The average Bonchev–Trinajstić information content (AvgIpc) is 3.14. The average molecular weight is 300 g/mol. The molecule has 2 saturated carbocycles. The van der Waals surface area contributed by atoms with Gasteiger partial charge in [0.05, 0.1) is 6.07 Å². The van der Waals surface area contributed by atoms with Crippen molar-refractivity contribution in [2.24, 2.45) is 0 Å². The normalized spacial score (nSPS) is 28.5. The van der Waals surface area contributed by atoms with Gasteiger partial charge in [0.2, 0.25) is 0 Å². The standard InChI is InChI=1S/C18H24N2S/c1-13-7-14(2)9-15(8-13)11-21-17-5-6-18(10-17,12-19)20-16-3-4-16/h7-9,16-17,20H,3-6,10-11H2,1-2H3. The monoisotopic (exact) mass is 300 g/mol. The highest BCUT2D eigenvalue weighted by atomic mass is 32.2. The Morgan fingerprint density at radius 3 is 2.57 bits per heavy atom. The van der Waals surface area contributed by atoms with E-state index in [0.29, 0.717) is 11.3 Å². The van der Waals surface area contributed by atoms with Gasteiger partial charge < -0.3 is 0 Å². The highest BCUT2D eigenvalue weighted by Gasteiger charge is 2.42. The molecule has 1 N–H and O–H groups in total. The highest BCUT2D eigenvalue weighted by molar-refractivity contribution is 7.99. The first-order chi connectivity index (χ1) is 10.1. The lowest BCUT2D eigenvalue weighted by atomic mass is 10.00. The third-order valence-electron chi connectivity index (χ3n) is 4.51. The van der Waals surface area contributed by atoms with Gasteiger partial charge >= 0.3 is 0 Å². The largest absolute Gasteiger partial charge is 0.297 e. The van der Waals surface area contributed by atoms with E-state index in [1.807, 2.05) is 11.8 Å². The number of nitrogens with zero attached hydrogens (tertiary/aromatic N) is 1. The van der Waals surface area contributed by atoms with Crippen LogP contribution in [0.2, 0.25) is 0 Å². The Balaban J connectivity index is 1.55. The Labute approximate surface area is 132 Å². The van der Waals surface area contributed by atoms with E-state index >= 15 is 0 Å². The second-order valence-electron chi connectivity index (χ2n) is 6.78. The van der Waals surface area contributed by atoms with E-state index in [1.165, 1.54) is 36.0 Å². The maximum absolute atomic E-state index is 9.55. The lowest BCUT2D eigenvalue weighted by molar-refractivity contribution is 0.420. The number of hydrogen-bond donors (Lipinski definition) is 1. The summed E-state index contributed by atoms with van der Waals surface area (Å²) in [5, 5.41) is 13.8. The van der Waals surface area contributed by atoms with Gasteiger partial charge in [-0.2, -0.15) is 17.0 Å². The summed E-state index contributed by atoms with van der Waals surface area (Å²) in [5.41, 5.74) is 3.88. The number of nitrogens with one attached hydrogen (secondary N) is 1. The van der Waals surface area contributed by atoms with Crippen LogP contribution in [0.5, 0.6) is 0 Å². The van der Waals surface area contributed by atoms with Crippen LogP contribution in [0.15, 0.2) is 18.2 Å². The molecule has 0 saturated heterocycles. The molecule has 1 aromatic carbocycles. The Hall–Kier alpha value is -0.980. The van der Waals surface area contributed by atoms with E-state index in [9.17, 15) is 5.26 Å². The van der Waals surface area contributed by atoms with Gasteiger partial charge in [-0.1, -0.05) is 29.3 Å². The van der Waals surface area contributed by atoms with E-state index < -0.39 is 0 Å². The zero-order valence-corrected chi connectivity index (χ0v) is 13.8. The molecule has 3 heteroatoms. The zero-order valence-electron chi connectivity index (χ0n) is 13.0. The van der Waals surface area contributed by atoms with Crippen LogP contribution in [0.4, 0.5) is 0 Å². The second kappa shape index (κ2) is 6.02. The third kappa shape index (κ3) is 3.81. The first-order valence-electron chi connectivity index (χ1n) is 7.96. The summed E-state index contributed by atoms with van der Waals surface area (Å²) in [4.78, 5) is 0. The quantitative estimate of drug-likeness (QED) is 0.889. The fraction of sp³-hybridized carbons (Fsp3) is 0.611. The first-order valence-corrected chi connectivity index (χ1v) is 9.01. The minimum atomic E-state index is -0.235. The predicted octanol–water partition coefficient (Wildman–Crippen LogP) is 4.10. The molecule has 0 bridgehead atoms. The summed E-state index contributed by atoms with van der Waals surface area (Å²) >= 11 is 2.03. The molecule has 112 valence electrons. The van der Waals surface area contributed by atoms with Gasteiger partial charge in [0.1, 0.15) is 5.54 Å². The molecule has 2 aliphatic rings. The molecule has 0 aromatic heterocycles. The maximum atomic E-state index is 9.55. The molecule has 2 aliphatic carbocycles. The maximum Gasteiger partial charge on any atom is 0.108 e. The van der Waals surface area contributed by atoms with Crippen molar-refractivity contribution < 1.29 is 0 Å². The van der Waals surface area contributed by atoms with Gasteiger partial charge in [0, 0.05) is 17.0 Å². The summed E-state index contributed by atoms with van der Waals surface area (Å²) < 4.78 is 0. The van der Waals surface area contributed by atoms with Gasteiger partial charge in [-0.05, 0) is 51.5 Å². The predicted molar refractivity (Wildman–Crippen MR) is 89.4 cm³/mol.